The van der Waals surface area contributed by atoms with E-state index in [1.807, 2.05) is 103 Å². The molecule has 0 saturated heterocycles. The zero-order chi connectivity index (χ0) is 37.1. The number of para-hydroxylation sites is 3. The monoisotopic (exact) mass is 692 g/mol. The molecule has 1 aliphatic rings. The lowest BCUT2D eigenvalue weighted by molar-refractivity contribution is -0.119. The van der Waals surface area contributed by atoms with Gasteiger partial charge in [0.1, 0.15) is 0 Å². The number of carbonyl (C=O) groups excluding carboxylic acids is 2. The van der Waals surface area contributed by atoms with Gasteiger partial charge in [-0.05, 0) is 88.5 Å². The van der Waals surface area contributed by atoms with Gasteiger partial charge in [-0.2, -0.15) is 0 Å². The van der Waals surface area contributed by atoms with Gasteiger partial charge in [0.15, 0.2) is 0 Å². The van der Waals surface area contributed by atoms with Gasteiger partial charge in [0.05, 0.1) is 16.8 Å². The summed E-state index contributed by atoms with van der Waals surface area (Å²) in [6.45, 7) is 10.5. The molecule has 0 aliphatic carbocycles. The minimum Gasteiger partial charge on any atom is -0.311 e. The van der Waals surface area contributed by atoms with E-state index in [4.69, 9.17) is 0 Å². The molecule has 53 heavy (non-hydrogen) atoms. The Morgan fingerprint density at radius 1 is 0.472 bits per heavy atom. The highest BCUT2D eigenvalue weighted by Gasteiger charge is 2.42. The Hall–Kier alpha value is -6.26. The third-order valence-electron chi connectivity index (χ3n) is 9.84. The summed E-state index contributed by atoms with van der Waals surface area (Å²) in [6, 6.07) is 50.8. The molecular formula is C49H44N2O2. The molecule has 0 N–H and O–H groups in total. The van der Waals surface area contributed by atoms with Crippen molar-refractivity contribution in [3.05, 3.63) is 191 Å². The molecule has 4 nitrogen and oxygen atoms in total. The highest BCUT2D eigenvalue weighted by Crippen LogP contribution is 2.44. The number of anilines is 4. The lowest BCUT2D eigenvalue weighted by Crippen LogP contribution is -2.33. The predicted molar refractivity (Wildman–Crippen MR) is 222 cm³/mol. The van der Waals surface area contributed by atoms with Crippen LogP contribution in [0.3, 0.4) is 0 Å². The average molecular weight is 693 g/mol. The Morgan fingerprint density at radius 3 is 1.30 bits per heavy atom. The quantitative estimate of drug-likeness (QED) is 0.106. The predicted octanol–water partition coefficient (Wildman–Crippen LogP) is 12.4. The van der Waals surface area contributed by atoms with Crippen LogP contribution in [0.15, 0.2) is 152 Å². The first-order chi connectivity index (χ1) is 25.7. The van der Waals surface area contributed by atoms with Crippen LogP contribution in [0.25, 0.3) is 23.3 Å². The van der Waals surface area contributed by atoms with Crippen molar-refractivity contribution in [1.29, 1.82) is 0 Å². The summed E-state index contributed by atoms with van der Waals surface area (Å²) in [5, 5.41) is 0. The fourth-order valence-corrected chi connectivity index (χ4v) is 7.05. The van der Waals surface area contributed by atoms with Crippen molar-refractivity contribution in [2.24, 2.45) is 0 Å². The third kappa shape index (κ3) is 7.14. The second-order valence-corrected chi connectivity index (χ2v) is 14.2. The molecule has 0 radical (unpaired) electrons. The standard InChI is InChI=1S/C49H44N2O2/c1-33(2)43-17-12-18-44(34(3)4)47(43)51-48(52)45(38-27-25-37(26-28-38)24-23-36-21-19-35(5)20-22-36)46(49(51)53)39-29-31-42(32-30-39)50(40-13-8-6-9-14-40)41-15-10-7-11-16-41/h6-34H,1-5H3/b24-23+. The van der Waals surface area contributed by atoms with Gasteiger partial charge in [-0.1, -0.05) is 161 Å². The number of hydrogen-bond donors (Lipinski definition) is 0. The molecule has 0 saturated carbocycles. The Balaban J connectivity index is 1.34. The van der Waals surface area contributed by atoms with Crippen LogP contribution in [0.5, 0.6) is 0 Å². The number of aryl methyl sites for hydroxylation is 1. The number of hydrogen-bond acceptors (Lipinski definition) is 3. The molecule has 1 heterocycles. The molecule has 6 aromatic carbocycles. The van der Waals surface area contributed by atoms with Gasteiger partial charge in [-0.25, -0.2) is 4.90 Å². The number of amides is 2. The summed E-state index contributed by atoms with van der Waals surface area (Å²) in [6.07, 6.45) is 4.15. The molecule has 0 spiro atoms. The first-order valence-corrected chi connectivity index (χ1v) is 18.3. The van der Waals surface area contributed by atoms with E-state index < -0.39 is 0 Å². The Morgan fingerprint density at radius 2 is 0.868 bits per heavy atom. The normalized spacial score (nSPS) is 13.2. The molecule has 0 unspecified atom stereocenters. The Bertz CT molecular complexity index is 2230. The Labute approximate surface area is 313 Å². The molecule has 0 fully saturated rings. The van der Waals surface area contributed by atoms with Gasteiger partial charge >= 0.3 is 0 Å². The molecule has 4 heteroatoms. The smallest absolute Gasteiger partial charge is 0.266 e. The van der Waals surface area contributed by atoms with Gasteiger partial charge in [0, 0.05) is 17.1 Å². The van der Waals surface area contributed by atoms with Gasteiger partial charge in [0.25, 0.3) is 11.8 Å². The molecular weight excluding hydrogens is 649 g/mol. The van der Waals surface area contributed by atoms with Crippen LogP contribution in [-0.4, -0.2) is 11.8 Å². The number of rotatable bonds is 10. The molecule has 0 bridgehead atoms. The van der Waals surface area contributed by atoms with Crippen molar-refractivity contribution < 1.29 is 9.59 Å². The summed E-state index contributed by atoms with van der Waals surface area (Å²) in [5.74, 6) is -0.392. The van der Waals surface area contributed by atoms with Crippen LogP contribution in [0.2, 0.25) is 0 Å². The van der Waals surface area contributed by atoms with E-state index in [0.717, 1.165) is 39.3 Å². The molecule has 0 aromatic heterocycles. The van der Waals surface area contributed by atoms with E-state index >= 15 is 0 Å². The summed E-state index contributed by atoms with van der Waals surface area (Å²) >= 11 is 0. The lowest BCUT2D eigenvalue weighted by Gasteiger charge is -2.26. The maximum absolute atomic E-state index is 14.9. The fourth-order valence-electron chi connectivity index (χ4n) is 7.05. The van der Waals surface area contributed by atoms with E-state index in [0.29, 0.717) is 28.0 Å². The van der Waals surface area contributed by atoms with Crippen LogP contribution < -0.4 is 9.80 Å². The molecule has 262 valence electrons. The zero-order valence-corrected chi connectivity index (χ0v) is 31.0. The topological polar surface area (TPSA) is 40.6 Å². The first kappa shape index (κ1) is 35.2. The molecule has 0 atom stereocenters. The Kier molecular flexibility index (Phi) is 10.0. The number of benzene rings is 6. The van der Waals surface area contributed by atoms with Crippen LogP contribution in [0.4, 0.5) is 22.7 Å². The van der Waals surface area contributed by atoms with Gasteiger partial charge in [-0.15, -0.1) is 0 Å². The maximum Gasteiger partial charge on any atom is 0.266 e. The summed E-state index contributed by atoms with van der Waals surface area (Å²) in [5.41, 5.74) is 11.2. The SMILES string of the molecule is Cc1ccc(/C=C/c2ccc(C3=C(c4ccc(N(c5ccccc5)c5ccccc5)cc4)C(=O)N(c4c(C(C)C)cccc4C(C)C)C3=O)cc2)cc1. The van der Waals surface area contributed by atoms with E-state index in [2.05, 4.69) is 100 Å². The van der Waals surface area contributed by atoms with Gasteiger partial charge in [0.2, 0.25) is 0 Å². The minimum absolute atomic E-state index is 0.109. The van der Waals surface area contributed by atoms with E-state index in [-0.39, 0.29) is 23.7 Å². The third-order valence-corrected chi connectivity index (χ3v) is 9.84. The van der Waals surface area contributed by atoms with Gasteiger partial charge < -0.3 is 4.90 Å². The molecule has 1 aliphatic heterocycles. The largest absolute Gasteiger partial charge is 0.311 e. The summed E-state index contributed by atoms with van der Waals surface area (Å²) < 4.78 is 0. The molecule has 6 aromatic rings. The zero-order valence-electron chi connectivity index (χ0n) is 31.0. The van der Waals surface area contributed by atoms with Crippen LogP contribution in [0.1, 0.15) is 78.5 Å². The van der Waals surface area contributed by atoms with Crippen LogP contribution in [-0.2, 0) is 9.59 Å². The highest BCUT2D eigenvalue weighted by atomic mass is 16.2. The second-order valence-electron chi connectivity index (χ2n) is 14.2. The highest BCUT2D eigenvalue weighted by molar-refractivity contribution is 6.57. The van der Waals surface area contributed by atoms with Crippen LogP contribution in [0, 0.1) is 6.92 Å². The average Bonchev–Trinajstić information content (AvgIpc) is 3.44. The van der Waals surface area contributed by atoms with E-state index in [1.54, 1.807) is 0 Å². The van der Waals surface area contributed by atoms with E-state index in [9.17, 15) is 9.59 Å². The van der Waals surface area contributed by atoms with Crippen LogP contribution >= 0.6 is 0 Å². The van der Waals surface area contributed by atoms with Gasteiger partial charge in [-0.3, -0.25) is 9.59 Å². The lowest BCUT2D eigenvalue weighted by atomic mass is 9.91. The van der Waals surface area contributed by atoms with Crippen molar-refractivity contribution in [3.8, 4) is 0 Å². The van der Waals surface area contributed by atoms with Crippen molar-refractivity contribution in [2.75, 3.05) is 9.80 Å². The fraction of sp³-hybridized carbons (Fsp3) is 0.143. The second kappa shape index (κ2) is 15.1. The molecule has 7 rings (SSSR count). The van der Waals surface area contributed by atoms with Crippen molar-refractivity contribution >= 4 is 57.9 Å². The minimum atomic E-state index is -0.306. The summed E-state index contributed by atoms with van der Waals surface area (Å²) in [4.78, 5) is 33.4. The van der Waals surface area contributed by atoms with Crippen molar-refractivity contribution in [2.45, 2.75) is 46.5 Å². The summed E-state index contributed by atoms with van der Waals surface area (Å²) in [7, 11) is 0. The number of carbonyl (C=O) groups is 2. The van der Waals surface area contributed by atoms with E-state index in [1.165, 1.54) is 10.5 Å². The molecule has 2 amide bonds. The van der Waals surface area contributed by atoms with Crippen molar-refractivity contribution in [1.82, 2.24) is 0 Å². The number of nitrogens with zero attached hydrogens (tertiary/aromatic N) is 2. The first-order valence-electron chi connectivity index (χ1n) is 18.3. The van der Waals surface area contributed by atoms with Crippen molar-refractivity contribution in [3.63, 3.8) is 0 Å². The maximum atomic E-state index is 14.9. The number of imide groups is 1.